The lowest BCUT2D eigenvalue weighted by atomic mass is 10.2. The standard InChI is InChI=1S/C13H16Cl2N4OS/c14-9-5-10(15)12(16-6-9)18-1-3-19(4-2-18)13(20)11-7-21-8-17-11/h5-6,11,17H,1-4,7-8H2/t11-/m0/s1. The number of pyridine rings is 1. The van der Waals surface area contributed by atoms with Crippen LogP contribution in [0.25, 0.3) is 0 Å². The first-order valence-corrected chi connectivity index (χ1v) is 8.72. The molecule has 2 fully saturated rings. The Morgan fingerprint density at radius 1 is 1.33 bits per heavy atom. The second kappa shape index (κ2) is 6.60. The van der Waals surface area contributed by atoms with Crippen LogP contribution in [-0.2, 0) is 4.79 Å². The van der Waals surface area contributed by atoms with Crippen molar-refractivity contribution >= 4 is 46.7 Å². The van der Waals surface area contributed by atoms with Crippen LogP contribution in [0.3, 0.4) is 0 Å². The minimum atomic E-state index is -0.0289. The molecule has 0 spiro atoms. The molecule has 2 aliphatic rings. The van der Waals surface area contributed by atoms with Gasteiger partial charge in [0.25, 0.3) is 0 Å². The number of carbonyl (C=O) groups excluding carboxylic acids is 1. The molecule has 3 heterocycles. The Hall–Kier alpha value is -0.690. The van der Waals surface area contributed by atoms with Crippen molar-refractivity contribution in [2.45, 2.75) is 6.04 Å². The summed E-state index contributed by atoms with van der Waals surface area (Å²) in [6.07, 6.45) is 1.60. The predicted molar refractivity (Wildman–Crippen MR) is 87.3 cm³/mol. The van der Waals surface area contributed by atoms with Crippen LogP contribution >= 0.6 is 35.0 Å². The summed E-state index contributed by atoms with van der Waals surface area (Å²) in [7, 11) is 0. The number of carbonyl (C=O) groups is 1. The van der Waals surface area contributed by atoms with Gasteiger partial charge in [-0.1, -0.05) is 23.2 Å². The maximum atomic E-state index is 12.3. The van der Waals surface area contributed by atoms with Gasteiger partial charge in [-0.15, -0.1) is 11.8 Å². The van der Waals surface area contributed by atoms with E-state index in [1.165, 1.54) is 0 Å². The van der Waals surface area contributed by atoms with Crippen molar-refractivity contribution in [2.75, 3.05) is 42.7 Å². The van der Waals surface area contributed by atoms with Gasteiger partial charge in [0, 0.05) is 44.0 Å². The lowest BCUT2D eigenvalue weighted by Crippen LogP contribution is -2.53. The Balaban J connectivity index is 1.60. The molecule has 0 saturated carbocycles. The highest BCUT2D eigenvalue weighted by molar-refractivity contribution is 7.99. The molecule has 2 saturated heterocycles. The van der Waals surface area contributed by atoms with E-state index in [0.29, 0.717) is 23.1 Å². The highest BCUT2D eigenvalue weighted by Crippen LogP contribution is 2.27. The highest BCUT2D eigenvalue weighted by atomic mass is 35.5. The van der Waals surface area contributed by atoms with Crippen LogP contribution in [0, 0.1) is 0 Å². The molecular weight excluding hydrogens is 331 g/mol. The zero-order chi connectivity index (χ0) is 14.8. The Kier molecular flexibility index (Phi) is 4.78. The first kappa shape index (κ1) is 15.2. The van der Waals surface area contributed by atoms with E-state index in [4.69, 9.17) is 23.2 Å². The molecule has 114 valence electrons. The molecule has 1 atom stereocenters. The SMILES string of the molecule is O=C([C@@H]1CSCN1)N1CCN(c2ncc(Cl)cc2Cl)CC1. The Morgan fingerprint density at radius 3 is 2.71 bits per heavy atom. The number of anilines is 1. The van der Waals surface area contributed by atoms with E-state index in [0.717, 1.165) is 30.5 Å². The molecule has 1 amide bonds. The van der Waals surface area contributed by atoms with Crippen LogP contribution < -0.4 is 10.2 Å². The Labute approximate surface area is 138 Å². The number of hydrogen-bond acceptors (Lipinski definition) is 5. The van der Waals surface area contributed by atoms with E-state index < -0.39 is 0 Å². The third kappa shape index (κ3) is 3.39. The normalized spacial score (nSPS) is 22.7. The van der Waals surface area contributed by atoms with E-state index >= 15 is 0 Å². The number of aromatic nitrogens is 1. The van der Waals surface area contributed by atoms with Crippen molar-refractivity contribution < 1.29 is 4.79 Å². The maximum absolute atomic E-state index is 12.3. The Bertz CT molecular complexity index is 531. The molecule has 1 aromatic rings. The molecular formula is C13H16Cl2N4OS. The van der Waals surface area contributed by atoms with Crippen LogP contribution in [0.5, 0.6) is 0 Å². The number of nitrogens with one attached hydrogen (secondary N) is 1. The van der Waals surface area contributed by atoms with Gasteiger partial charge in [0.15, 0.2) is 0 Å². The largest absolute Gasteiger partial charge is 0.352 e. The van der Waals surface area contributed by atoms with E-state index in [1.807, 2.05) is 4.90 Å². The number of nitrogens with zero attached hydrogens (tertiary/aromatic N) is 3. The fourth-order valence-corrected chi connectivity index (χ4v) is 3.99. The average molecular weight is 347 g/mol. The number of halogens is 2. The zero-order valence-electron chi connectivity index (χ0n) is 11.4. The number of rotatable bonds is 2. The number of thioether (sulfide) groups is 1. The second-order valence-corrected chi connectivity index (χ2v) is 6.92. The molecule has 2 aliphatic heterocycles. The Morgan fingerprint density at radius 2 is 2.10 bits per heavy atom. The third-order valence-electron chi connectivity index (χ3n) is 3.69. The van der Waals surface area contributed by atoms with Crippen LogP contribution in [0.1, 0.15) is 0 Å². The van der Waals surface area contributed by atoms with Crippen molar-refractivity contribution in [1.82, 2.24) is 15.2 Å². The maximum Gasteiger partial charge on any atom is 0.240 e. The minimum Gasteiger partial charge on any atom is -0.352 e. The summed E-state index contributed by atoms with van der Waals surface area (Å²) >= 11 is 13.8. The smallest absolute Gasteiger partial charge is 0.240 e. The first-order valence-electron chi connectivity index (χ1n) is 6.81. The summed E-state index contributed by atoms with van der Waals surface area (Å²) in [5.74, 6) is 2.67. The molecule has 8 heteroatoms. The van der Waals surface area contributed by atoms with Gasteiger partial charge in [-0.05, 0) is 6.07 Å². The van der Waals surface area contributed by atoms with Crippen LogP contribution in [0.4, 0.5) is 5.82 Å². The summed E-state index contributed by atoms with van der Waals surface area (Å²) in [6.45, 7) is 2.87. The predicted octanol–water partition coefficient (Wildman–Crippen LogP) is 1.70. The van der Waals surface area contributed by atoms with Gasteiger partial charge in [0.1, 0.15) is 5.82 Å². The molecule has 1 N–H and O–H groups in total. The monoisotopic (exact) mass is 346 g/mol. The topological polar surface area (TPSA) is 48.5 Å². The molecule has 1 aromatic heterocycles. The fraction of sp³-hybridized carbons (Fsp3) is 0.538. The zero-order valence-corrected chi connectivity index (χ0v) is 13.7. The molecule has 0 aromatic carbocycles. The van der Waals surface area contributed by atoms with Crippen molar-refractivity contribution in [2.24, 2.45) is 0 Å². The first-order chi connectivity index (χ1) is 10.1. The van der Waals surface area contributed by atoms with E-state index in [1.54, 1.807) is 24.0 Å². The summed E-state index contributed by atoms with van der Waals surface area (Å²) in [5.41, 5.74) is 0. The molecule has 0 radical (unpaired) electrons. The van der Waals surface area contributed by atoms with Crippen molar-refractivity contribution in [3.05, 3.63) is 22.3 Å². The van der Waals surface area contributed by atoms with Crippen molar-refractivity contribution in [1.29, 1.82) is 0 Å². The van der Waals surface area contributed by atoms with Crippen LogP contribution in [0.2, 0.25) is 10.0 Å². The molecule has 21 heavy (non-hydrogen) atoms. The fourth-order valence-electron chi connectivity index (χ4n) is 2.55. The molecule has 3 rings (SSSR count). The van der Waals surface area contributed by atoms with E-state index in [9.17, 15) is 4.79 Å². The molecule has 0 unspecified atom stereocenters. The summed E-state index contributed by atoms with van der Waals surface area (Å²) in [5, 5.41) is 4.30. The van der Waals surface area contributed by atoms with Crippen molar-refractivity contribution in [3.63, 3.8) is 0 Å². The minimum absolute atomic E-state index is 0.0289. The van der Waals surface area contributed by atoms with Crippen molar-refractivity contribution in [3.8, 4) is 0 Å². The van der Waals surface area contributed by atoms with E-state index in [2.05, 4.69) is 15.2 Å². The molecule has 0 bridgehead atoms. The molecule has 5 nitrogen and oxygen atoms in total. The van der Waals surface area contributed by atoms with E-state index in [-0.39, 0.29) is 11.9 Å². The van der Waals surface area contributed by atoms with Gasteiger partial charge in [0.2, 0.25) is 5.91 Å². The summed E-state index contributed by atoms with van der Waals surface area (Å²) in [6, 6.07) is 1.67. The molecule has 0 aliphatic carbocycles. The third-order valence-corrected chi connectivity index (χ3v) is 5.12. The number of piperazine rings is 1. The highest BCUT2D eigenvalue weighted by Gasteiger charge is 2.30. The van der Waals surface area contributed by atoms with Gasteiger partial charge in [-0.2, -0.15) is 0 Å². The van der Waals surface area contributed by atoms with Gasteiger partial charge < -0.3 is 9.80 Å². The lowest BCUT2D eigenvalue weighted by molar-refractivity contribution is -0.132. The van der Waals surface area contributed by atoms with Gasteiger partial charge in [-0.25, -0.2) is 4.98 Å². The van der Waals surface area contributed by atoms with Gasteiger partial charge >= 0.3 is 0 Å². The van der Waals surface area contributed by atoms with Gasteiger partial charge in [0.05, 0.1) is 16.1 Å². The summed E-state index contributed by atoms with van der Waals surface area (Å²) in [4.78, 5) is 20.6. The second-order valence-electron chi connectivity index (χ2n) is 5.04. The number of amides is 1. The summed E-state index contributed by atoms with van der Waals surface area (Å²) < 4.78 is 0. The van der Waals surface area contributed by atoms with Gasteiger partial charge in [-0.3, -0.25) is 10.1 Å². The number of hydrogen-bond donors (Lipinski definition) is 1. The van der Waals surface area contributed by atoms with Crippen LogP contribution in [0.15, 0.2) is 12.3 Å². The average Bonchev–Trinajstić information content (AvgIpc) is 3.01. The lowest BCUT2D eigenvalue weighted by Gasteiger charge is -2.36. The van der Waals surface area contributed by atoms with Crippen LogP contribution in [-0.4, -0.2) is 59.6 Å². The quantitative estimate of drug-likeness (QED) is 0.883.